The van der Waals surface area contributed by atoms with E-state index in [1.807, 2.05) is 5.38 Å². The molecule has 28 heavy (non-hydrogen) atoms. The molecule has 0 aliphatic carbocycles. The van der Waals surface area contributed by atoms with Crippen molar-refractivity contribution in [2.75, 3.05) is 20.3 Å². The van der Waals surface area contributed by atoms with Gasteiger partial charge in [-0.1, -0.05) is 12.1 Å². The third-order valence-corrected chi connectivity index (χ3v) is 4.65. The van der Waals surface area contributed by atoms with Crippen LogP contribution in [0.3, 0.4) is 0 Å². The fourth-order valence-corrected chi connectivity index (χ4v) is 3.16. The number of benzene rings is 1. The molecule has 0 saturated carbocycles. The molecule has 10 heteroatoms. The van der Waals surface area contributed by atoms with Crippen LogP contribution in [-0.2, 0) is 10.9 Å². The van der Waals surface area contributed by atoms with Gasteiger partial charge in [0.05, 0.1) is 16.1 Å². The van der Waals surface area contributed by atoms with E-state index in [-0.39, 0.29) is 11.5 Å². The second-order valence-corrected chi connectivity index (χ2v) is 6.75. The topological polar surface area (TPSA) is 69.0 Å². The monoisotopic (exact) mass is 410 g/mol. The van der Waals surface area contributed by atoms with Gasteiger partial charge in [0.2, 0.25) is 5.82 Å². The molecule has 1 aromatic carbocycles. The summed E-state index contributed by atoms with van der Waals surface area (Å²) in [6.45, 7) is 0.867. The number of thiophene rings is 1. The molecular weight excluding hydrogens is 393 g/mol. The number of methoxy groups -OCH3 is 1. The minimum atomic E-state index is -4.48. The highest BCUT2D eigenvalue weighted by atomic mass is 32.1. The van der Waals surface area contributed by atoms with Crippen molar-refractivity contribution in [3.8, 4) is 16.4 Å². The van der Waals surface area contributed by atoms with Crippen LogP contribution in [0.2, 0.25) is 0 Å². The first-order chi connectivity index (χ1) is 13.4. The summed E-state index contributed by atoms with van der Waals surface area (Å²) >= 11 is 1.35. The maximum Gasteiger partial charge on any atom is 0.416 e. The van der Waals surface area contributed by atoms with Crippen LogP contribution in [0.15, 0.2) is 41.8 Å². The smallest absolute Gasteiger partial charge is 0.385 e. The molecule has 0 spiro atoms. The predicted octanol–water partition coefficient (Wildman–Crippen LogP) is 3.78. The van der Waals surface area contributed by atoms with Crippen LogP contribution in [0.1, 0.15) is 22.6 Å². The van der Waals surface area contributed by atoms with Gasteiger partial charge in [-0.2, -0.15) is 13.2 Å². The van der Waals surface area contributed by atoms with E-state index in [0.29, 0.717) is 30.3 Å². The van der Waals surface area contributed by atoms with Gasteiger partial charge in [-0.05, 0) is 36.1 Å². The summed E-state index contributed by atoms with van der Waals surface area (Å²) in [5.74, 6) is -0.311. The van der Waals surface area contributed by atoms with Crippen LogP contribution < -0.4 is 5.32 Å². The number of carbonyl (C=O) groups excluding carboxylic acids is 1. The number of rotatable bonds is 7. The van der Waals surface area contributed by atoms with Gasteiger partial charge in [0.25, 0.3) is 5.91 Å². The summed E-state index contributed by atoms with van der Waals surface area (Å²) < 4.78 is 45.4. The van der Waals surface area contributed by atoms with Crippen molar-refractivity contribution >= 4 is 17.2 Å². The number of hydrogen-bond donors (Lipinski definition) is 1. The Morgan fingerprint density at radius 3 is 2.79 bits per heavy atom. The Labute approximate surface area is 163 Å². The van der Waals surface area contributed by atoms with E-state index in [4.69, 9.17) is 4.74 Å². The van der Waals surface area contributed by atoms with E-state index < -0.39 is 17.6 Å². The molecule has 1 N–H and O–H groups in total. The first-order valence-corrected chi connectivity index (χ1v) is 9.24. The summed E-state index contributed by atoms with van der Waals surface area (Å²) in [6.07, 6.45) is -3.87. The molecular formula is C18H17F3N4O2S. The van der Waals surface area contributed by atoms with Crippen LogP contribution in [-0.4, -0.2) is 40.9 Å². The molecule has 0 aliphatic rings. The molecule has 2 aromatic heterocycles. The molecule has 0 atom stereocenters. The van der Waals surface area contributed by atoms with Gasteiger partial charge in [0, 0.05) is 20.3 Å². The number of nitrogens with one attached hydrogen (secondary N) is 1. The molecule has 1 amide bonds. The van der Waals surface area contributed by atoms with E-state index >= 15 is 0 Å². The number of ether oxygens (including phenoxy) is 1. The van der Waals surface area contributed by atoms with Gasteiger partial charge in [0.1, 0.15) is 0 Å². The van der Waals surface area contributed by atoms with Crippen molar-refractivity contribution in [2.24, 2.45) is 0 Å². The van der Waals surface area contributed by atoms with Gasteiger partial charge in [-0.3, -0.25) is 4.79 Å². The zero-order chi connectivity index (χ0) is 20.1. The summed E-state index contributed by atoms with van der Waals surface area (Å²) in [5.41, 5.74) is -0.632. The van der Waals surface area contributed by atoms with Gasteiger partial charge >= 0.3 is 6.18 Å². The number of hydrogen-bond acceptors (Lipinski definition) is 5. The summed E-state index contributed by atoms with van der Waals surface area (Å²) in [7, 11) is 1.56. The number of nitrogens with zero attached hydrogens (tertiary/aromatic N) is 3. The first kappa shape index (κ1) is 20.0. The predicted molar refractivity (Wildman–Crippen MR) is 98.5 cm³/mol. The van der Waals surface area contributed by atoms with E-state index in [1.165, 1.54) is 28.2 Å². The summed E-state index contributed by atoms with van der Waals surface area (Å²) in [5, 5.41) is 8.64. The standard InChI is InChI=1S/C18H17F3N4O2S/c1-27-9-4-8-22-17(26)15-23-16(14-7-3-10-28-14)25(24-15)13-6-2-5-12(11-13)18(19,20)21/h2-3,5-7,10-11H,4,8-9H2,1H3,(H,22,26). The van der Waals surface area contributed by atoms with Crippen molar-refractivity contribution < 1.29 is 22.7 Å². The lowest BCUT2D eigenvalue weighted by Gasteiger charge is -2.09. The van der Waals surface area contributed by atoms with Crippen molar-refractivity contribution in [3.05, 3.63) is 53.2 Å². The van der Waals surface area contributed by atoms with Gasteiger partial charge in [0.15, 0.2) is 5.82 Å². The molecule has 6 nitrogen and oxygen atoms in total. The van der Waals surface area contributed by atoms with Crippen molar-refractivity contribution in [2.45, 2.75) is 12.6 Å². The number of halogens is 3. The zero-order valence-corrected chi connectivity index (χ0v) is 15.7. The average molecular weight is 410 g/mol. The Morgan fingerprint density at radius 2 is 2.11 bits per heavy atom. The van der Waals surface area contributed by atoms with E-state index in [1.54, 1.807) is 19.2 Å². The van der Waals surface area contributed by atoms with E-state index in [9.17, 15) is 18.0 Å². The lowest BCUT2D eigenvalue weighted by molar-refractivity contribution is -0.137. The van der Waals surface area contributed by atoms with E-state index in [0.717, 1.165) is 12.1 Å². The second-order valence-electron chi connectivity index (χ2n) is 5.80. The van der Waals surface area contributed by atoms with Crippen molar-refractivity contribution in [1.82, 2.24) is 20.1 Å². The highest BCUT2D eigenvalue weighted by Crippen LogP contribution is 2.31. The Kier molecular flexibility index (Phi) is 6.10. The Hall–Kier alpha value is -2.72. The van der Waals surface area contributed by atoms with Crippen molar-refractivity contribution in [3.63, 3.8) is 0 Å². The zero-order valence-electron chi connectivity index (χ0n) is 14.9. The second kappa shape index (κ2) is 8.53. The summed E-state index contributed by atoms with van der Waals surface area (Å²) in [6, 6.07) is 8.29. The molecule has 148 valence electrons. The van der Waals surface area contributed by atoms with Crippen LogP contribution in [0, 0.1) is 0 Å². The van der Waals surface area contributed by atoms with Crippen LogP contribution >= 0.6 is 11.3 Å². The largest absolute Gasteiger partial charge is 0.416 e. The fraction of sp³-hybridized carbons (Fsp3) is 0.278. The molecule has 3 aromatic rings. The molecule has 0 radical (unpaired) electrons. The van der Waals surface area contributed by atoms with Crippen molar-refractivity contribution in [1.29, 1.82) is 0 Å². The van der Waals surface area contributed by atoms with Crippen LogP contribution in [0.25, 0.3) is 16.4 Å². The third-order valence-electron chi connectivity index (χ3n) is 3.78. The Balaban J connectivity index is 1.96. The Bertz CT molecular complexity index is 939. The van der Waals surface area contributed by atoms with Crippen LogP contribution in [0.4, 0.5) is 13.2 Å². The molecule has 0 saturated heterocycles. The fourth-order valence-electron chi connectivity index (χ4n) is 2.47. The molecule has 2 heterocycles. The summed E-state index contributed by atoms with van der Waals surface area (Å²) in [4.78, 5) is 17.3. The minimum Gasteiger partial charge on any atom is -0.385 e. The highest BCUT2D eigenvalue weighted by Gasteiger charge is 2.31. The van der Waals surface area contributed by atoms with Crippen LogP contribution in [0.5, 0.6) is 0 Å². The highest BCUT2D eigenvalue weighted by molar-refractivity contribution is 7.13. The molecule has 0 fully saturated rings. The quantitative estimate of drug-likeness (QED) is 0.602. The minimum absolute atomic E-state index is 0.113. The number of aromatic nitrogens is 3. The lowest BCUT2D eigenvalue weighted by Crippen LogP contribution is -2.26. The van der Waals surface area contributed by atoms with Gasteiger partial charge in [-0.25, -0.2) is 9.67 Å². The number of alkyl halides is 3. The number of carbonyl (C=O) groups is 1. The SMILES string of the molecule is COCCCNC(=O)c1nc(-c2cccs2)n(-c2cccc(C(F)(F)F)c2)n1. The normalized spacial score (nSPS) is 11.6. The molecule has 0 aliphatic heterocycles. The maximum atomic E-state index is 13.1. The molecule has 0 unspecified atom stereocenters. The van der Waals surface area contributed by atoms with Gasteiger partial charge < -0.3 is 10.1 Å². The lowest BCUT2D eigenvalue weighted by atomic mass is 10.2. The Morgan fingerprint density at radius 1 is 1.29 bits per heavy atom. The maximum absolute atomic E-state index is 13.1. The number of amides is 1. The molecule has 0 bridgehead atoms. The van der Waals surface area contributed by atoms with Gasteiger partial charge in [-0.15, -0.1) is 16.4 Å². The third kappa shape index (κ3) is 4.57. The first-order valence-electron chi connectivity index (χ1n) is 8.36. The average Bonchev–Trinajstić information content (AvgIpc) is 3.34. The molecule has 3 rings (SSSR count). The van der Waals surface area contributed by atoms with E-state index in [2.05, 4.69) is 15.4 Å².